The van der Waals surface area contributed by atoms with Crippen LogP contribution in [0.25, 0.3) is 0 Å². The minimum atomic E-state index is -3.47. The molecule has 0 unspecified atom stereocenters. The van der Waals surface area contributed by atoms with Gasteiger partial charge in [-0.15, -0.1) is 10.2 Å². The lowest BCUT2D eigenvalue weighted by atomic mass is 10.1. The summed E-state index contributed by atoms with van der Waals surface area (Å²) in [6.07, 6.45) is 2.42. The minimum Gasteiger partial charge on any atom is -0.416 e. The number of amides is 1. The lowest BCUT2D eigenvalue weighted by Crippen LogP contribution is -2.48. The number of carbonyl (C=O) groups is 1. The van der Waals surface area contributed by atoms with Gasteiger partial charge in [0.2, 0.25) is 11.8 Å². The molecule has 1 aromatic rings. The fraction of sp³-hybridized carbons (Fsp3) is 0.769. The van der Waals surface area contributed by atoms with Gasteiger partial charge < -0.3 is 9.73 Å². The Hall–Kier alpha value is -1.17. The maximum absolute atomic E-state index is 12.3. The number of hydrogen-bond acceptors (Lipinski definition) is 7. The maximum atomic E-state index is 12.3. The second-order valence-corrected chi connectivity index (χ2v) is 8.85. The van der Waals surface area contributed by atoms with Crippen LogP contribution in [0.3, 0.4) is 0 Å². The first-order valence-electron chi connectivity index (χ1n) is 7.69. The van der Waals surface area contributed by atoms with E-state index >= 15 is 0 Å². The summed E-state index contributed by atoms with van der Waals surface area (Å²) in [5.41, 5.74) is 0. The number of rotatable bonds is 6. The number of thioether (sulfide) groups is 1. The molecule has 2 rings (SSSR count). The molecule has 0 bridgehead atoms. The number of carbonyl (C=O) groups excluding carboxylic acids is 1. The largest absolute Gasteiger partial charge is 0.416 e. The molecule has 0 aromatic carbocycles. The van der Waals surface area contributed by atoms with E-state index in [0.717, 1.165) is 31.0 Å². The summed E-state index contributed by atoms with van der Waals surface area (Å²) < 4.78 is 32.4. The molecular formula is C13H23N5O4S2. The summed E-state index contributed by atoms with van der Waals surface area (Å²) in [5, 5.41) is 10.8. The lowest BCUT2D eigenvalue weighted by molar-refractivity contribution is -0.119. The molecule has 11 heteroatoms. The van der Waals surface area contributed by atoms with Crippen molar-refractivity contribution in [1.82, 2.24) is 24.1 Å². The van der Waals surface area contributed by atoms with Crippen molar-refractivity contribution in [2.75, 3.05) is 32.9 Å². The highest BCUT2D eigenvalue weighted by molar-refractivity contribution is 7.99. The number of nitrogens with one attached hydrogen (secondary N) is 1. The fourth-order valence-corrected chi connectivity index (χ4v) is 4.20. The van der Waals surface area contributed by atoms with Crippen LogP contribution in [0.4, 0.5) is 0 Å². The van der Waals surface area contributed by atoms with Crippen molar-refractivity contribution >= 4 is 27.9 Å². The highest BCUT2D eigenvalue weighted by atomic mass is 32.2. The molecule has 0 saturated carbocycles. The van der Waals surface area contributed by atoms with Gasteiger partial charge in [-0.05, 0) is 12.8 Å². The van der Waals surface area contributed by atoms with Crippen LogP contribution in [0, 0.1) is 6.92 Å². The molecule has 136 valence electrons. The van der Waals surface area contributed by atoms with E-state index in [1.165, 1.54) is 22.7 Å². The molecule has 1 atom stereocenters. The molecule has 0 aliphatic carbocycles. The smallest absolute Gasteiger partial charge is 0.281 e. The van der Waals surface area contributed by atoms with E-state index < -0.39 is 10.2 Å². The summed E-state index contributed by atoms with van der Waals surface area (Å²) in [6.45, 7) is 2.45. The third-order valence-electron chi connectivity index (χ3n) is 3.62. The molecule has 2 heterocycles. The summed E-state index contributed by atoms with van der Waals surface area (Å²) in [7, 11) is -0.446. The Kier molecular flexibility index (Phi) is 6.61. The van der Waals surface area contributed by atoms with Gasteiger partial charge in [-0.3, -0.25) is 4.79 Å². The zero-order valence-electron chi connectivity index (χ0n) is 14.1. The third-order valence-corrected chi connectivity index (χ3v) is 6.35. The SMILES string of the molecule is Cc1nnc(SCC(=O)N[C@@H]2CCCCN(S(=O)(=O)N(C)C)C2)o1. The second-order valence-electron chi connectivity index (χ2n) is 5.78. The maximum Gasteiger partial charge on any atom is 0.281 e. The van der Waals surface area contributed by atoms with Crippen molar-refractivity contribution in [3.05, 3.63) is 5.89 Å². The number of aryl methyl sites for hydroxylation is 1. The van der Waals surface area contributed by atoms with Gasteiger partial charge in [0, 0.05) is 40.2 Å². The molecule has 1 aliphatic heterocycles. The molecule has 1 amide bonds. The standard InChI is InChI=1S/C13H23N5O4S2/c1-10-15-16-13(22-10)23-9-12(19)14-11-6-4-5-7-18(8-11)24(20,21)17(2)3/h11H,4-9H2,1-3H3,(H,14,19)/t11-/m1/s1. The van der Waals surface area contributed by atoms with Gasteiger partial charge in [0.15, 0.2) is 0 Å². The Labute approximate surface area is 146 Å². The first-order valence-corrected chi connectivity index (χ1v) is 10.1. The molecule has 1 saturated heterocycles. The highest BCUT2D eigenvalue weighted by Gasteiger charge is 2.29. The predicted molar refractivity (Wildman–Crippen MR) is 89.7 cm³/mol. The van der Waals surface area contributed by atoms with E-state index in [0.29, 0.717) is 17.7 Å². The Bertz CT molecular complexity index is 661. The van der Waals surface area contributed by atoms with Gasteiger partial charge in [0.05, 0.1) is 5.75 Å². The average Bonchev–Trinajstić information content (AvgIpc) is 2.78. The molecular weight excluding hydrogens is 354 g/mol. The molecule has 1 aliphatic rings. The first kappa shape index (κ1) is 19.2. The summed E-state index contributed by atoms with van der Waals surface area (Å²) >= 11 is 1.16. The van der Waals surface area contributed by atoms with Crippen LogP contribution in [-0.2, 0) is 15.0 Å². The summed E-state index contributed by atoms with van der Waals surface area (Å²) in [4.78, 5) is 12.1. The molecule has 0 radical (unpaired) electrons. The number of hydrogen-bond donors (Lipinski definition) is 1. The van der Waals surface area contributed by atoms with E-state index in [-0.39, 0.29) is 24.2 Å². The Balaban J connectivity index is 1.89. The Morgan fingerprint density at radius 1 is 1.42 bits per heavy atom. The predicted octanol–water partition coefficient (Wildman–Crippen LogP) is 0.247. The molecule has 1 fully saturated rings. The van der Waals surface area contributed by atoms with E-state index in [1.54, 1.807) is 6.92 Å². The normalized spacial score (nSPS) is 20.1. The number of nitrogens with zero attached hydrogens (tertiary/aromatic N) is 4. The number of aromatic nitrogens is 2. The summed E-state index contributed by atoms with van der Waals surface area (Å²) in [6, 6.07) is -0.195. The Morgan fingerprint density at radius 3 is 2.79 bits per heavy atom. The quantitative estimate of drug-likeness (QED) is 0.708. The van der Waals surface area contributed by atoms with Gasteiger partial charge in [-0.2, -0.15) is 17.0 Å². The minimum absolute atomic E-state index is 0.151. The molecule has 1 aromatic heterocycles. The Morgan fingerprint density at radius 2 is 2.17 bits per heavy atom. The van der Waals surface area contributed by atoms with Crippen LogP contribution >= 0.6 is 11.8 Å². The zero-order valence-corrected chi connectivity index (χ0v) is 15.7. The van der Waals surface area contributed by atoms with Crippen molar-refractivity contribution in [3.8, 4) is 0 Å². The van der Waals surface area contributed by atoms with Crippen molar-refractivity contribution in [1.29, 1.82) is 0 Å². The van der Waals surface area contributed by atoms with Crippen molar-refractivity contribution in [2.24, 2.45) is 0 Å². The van der Waals surface area contributed by atoms with E-state index in [1.807, 2.05) is 0 Å². The van der Waals surface area contributed by atoms with Crippen LogP contribution in [0.2, 0.25) is 0 Å². The third kappa shape index (κ3) is 5.16. The van der Waals surface area contributed by atoms with Crippen LogP contribution in [0.5, 0.6) is 0 Å². The zero-order chi connectivity index (χ0) is 17.7. The van der Waals surface area contributed by atoms with E-state index in [9.17, 15) is 13.2 Å². The van der Waals surface area contributed by atoms with Crippen LogP contribution in [0.15, 0.2) is 9.64 Å². The average molecular weight is 377 g/mol. The highest BCUT2D eigenvalue weighted by Crippen LogP contribution is 2.17. The van der Waals surface area contributed by atoms with Crippen LogP contribution in [-0.4, -0.2) is 72.1 Å². The van der Waals surface area contributed by atoms with Gasteiger partial charge >= 0.3 is 0 Å². The molecule has 24 heavy (non-hydrogen) atoms. The van der Waals surface area contributed by atoms with Gasteiger partial charge in [0.1, 0.15) is 0 Å². The fourth-order valence-electron chi connectivity index (χ4n) is 2.40. The lowest BCUT2D eigenvalue weighted by Gasteiger charge is -2.27. The molecule has 0 spiro atoms. The molecule has 1 N–H and O–H groups in total. The monoisotopic (exact) mass is 377 g/mol. The van der Waals surface area contributed by atoms with Crippen molar-refractivity contribution < 1.29 is 17.6 Å². The van der Waals surface area contributed by atoms with Gasteiger partial charge in [0.25, 0.3) is 15.4 Å². The van der Waals surface area contributed by atoms with Crippen molar-refractivity contribution in [2.45, 2.75) is 37.5 Å². The van der Waals surface area contributed by atoms with Gasteiger partial charge in [-0.25, -0.2) is 0 Å². The van der Waals surface area contributed by atoms with Gasteiger partial charge in [-0.1, -0.05) is 18.2 Å². The molecule has 9 nitrogen and oxygen atoms in total. The van der Waals surface area contributed by atoms with E-state index in [2.05, 4.69) is 15.5 Å². The second kappa shape index (κ2) is 8.28. The summed E-state index contributed by atoms with van der Waals surface area (Å²) in [5.74, 6) is 0.426. The van der Waals surface area contributed by atoms with Crippen molar-refractivity contribution in [3.63, 3.8) is 0 Å². The first-order chi connectivity index (χ1) is 11.3. The van der Waals surface area contributed by atoms with Crippen LogP contribution in [0.1, 0.15) is 25.2 Å². The van der Waals surface area contributed by atoms with Crippen LogP contribution < -0.4 is 5.32 Å². The topological polar surface area (TPSA) is 109 Å². The van der Waals surface area contributed by atoms with E-state index in [4.69, 9.17) is 4.42 Å².